The van der Waals surface area contributed by atoms with E-state index in [0.717, 1.165) is 35.5 Å². The Kier molecular flexibility index (Phi) is 5.34. The third-order valence-corrected chi connectivity index (χ3v) is 5.63. The minimum atomic E-state index is -0.342. The molecule has 1 N–H and O–H groups in total. The van der Waals surface area contributed by atoms with Gasteiger partial charge in [0, 0.05) is 43.9 Å². The first-order valence-corrected chi connectivity index (χ1v) is 10.1. The lowest BCUT2D eigenvalue weighted by molar-refractivity contribution is -0.126. The molecule has 1 unspecified atom stereocenters. The lowest BCUT2D eigenvalue weighted by Gasteiger charge is -2.17. The second kappa shape index (κ2) is 8.07. The molecular weight excluding hydrogens is 366 g/mol. The molecule has 2 saturated heterocycles. The van der Waals surface area contributed by atoms with Crippen molar-refractivity contribution in [1.82, 2.24) is 5.32 Å². The average Bonchev–Trinajstić information content (AvgIpc) is 3.33. The molecule has 4 rings (SSSR count). The zero-order valence-corrected chi connectivity index (χ0v) is 16.6. The summed E-state index contributed by atoms with van der Waals surface area (Å²) in [5.41, 5.74) is 3.84. The molecule has 2 aliphatic rings. The minimum Gasteiger partial charge on any atom is -0.352 e. The molecule has 0 saturated carbocycles. The van der Waals surface area contributed by atoms with Crippen LogP contribution in [0, 0.1) is 12.8 Å². The third-order valence-electron chi connectivity index (χ3n) is 5.63. The third kappa shape index (κ3) is 4.16. The topological polar surface area (TPSA) is 69.7 Å². The average molecular weight is 391 g/mol. The smallest absolute Gasteiger partial charge is 0.227 e. The standard InChI is InChI=1S/C23H25N3O3/c1-16-4-8-20(9-5-16)26-15-18(13-22(26)28)23(29)24-14-17-6-10-19(11-7-17)25-12-2-3-21(25)27/h4-11,18H,2-3,12-15H2,1H3,(H,24,29). The van der Waals surface area contributed by atoms with Crippen LogP contribution in [0.4, 0.5) is 11.4 Å². The van der Waals surface area contributed by atoms with Gasteiger partial charge in [0.1, 0.15) is 0 Å². The van der Waals surface area contributed by atoms with Gasteiger partial charge in [0.25, 0.3) is 0 Å². The summed E-state index contributed by atoms with van der Waals surface area (Å²) in [5.74, 6) is -0.305. The number of hydrogen-bond acceptors (Lipinski definition) is 3. The lowest BCUT2D eigenvalue weighted by atomic mass is 10.1. The van der Waals surface area contributed by atoms with Crippen molar-refractivity contribution in [1.29, 1.82) is 0 Å². The van der Waals surface area contributed by atoms with E-state index in [9.17, 15) is 14.4 Å². The van der Waals surface area contributed by atoms with Gasteiger partial charge in [0.15, 0.2) is 0 Å². The maximum atomic E-state index is 12.6. The SMILES string of the molecule is Cc1ccc(N2CC(C(=O)NCc3ccc(N4CCCC4=O)cc3)CC2=O)cc1. The maximum Gasteiger partial charge on any atom is 0.227 e. The van der Waals surface area contributed by atoms with Crippen LogP contribution in [0.25, 0.3) is 0 Å². The number of anilines is 2. The van der Waals surface area contributed by atoms with Gasteiger partial charge in [-0.15, -0.1) is 0 Å². The number of benzene rings is 2. The summed E-state index contributed by atoms with van der Waals surface area (Å²) < 4.78 is 0. The Morgan fingerprint density at radius 3 is 2.28 bits per heavy atom. The van der Waals surface area contributed by atoms with Crippen LogP contribution in [0.2, 0.25) is 0 Å². The zero-order chi connectivity index (χ0) is 20.4. The molecule has 2 heterocycles. The largest absolute Gasteiger partial charge is 0.352 e. The molecule has 2 aromatic carbocycles. The Morgan fingerprint density at radius 1 is 0.966 bits per heavy atom. The quantitative estimate of drug-likeness (QED) is 0.852. The van der Waals surface area contributed by atoms with E-state index >= 15 is 0 Å². The van der Waals surface area contributed by atoms with Gasteiger partial charge in [-0.1, -0.05) is 29.8 Å². The molecule has 1 atom stereocenters. The number of nitrogens with zero attached hydrogens (tertiary/aromatic N) is 2. The molecule has 2 aliphatic heterocycles. The van der Waals surface area contributed by atoms with Crippen LogP contribution < -0.4 is 15.1 Å². The van der Waals surface area contributed by atoms with Crippen LogP contribution in [0.1, 0.15) is 30.4 Å². The highest BCUT2D eigenvalue weighted by Crippen LogP contribution is 2.26. The Morgan fingerprint density at radius 2 is 1.62 bits per heavy atom. The maximum absolute atomic E-state index is 12.6. The fourth-order valence-corrected chi connectivity index (χ4v) is 3.91. The molecule has 0 aromatic heterocycles. The molecular formula is C23H25N3O3. The molecule has 0 aliphatic carbocycles. The van der Waals surface area contributed by atoms with Crippen LogP contribution in [0.15, 0.2) is 48.5 Å². The van der Waals surface area contributed by atoms with Crippen molar-refractivity contribution >= 4 is 29.1 Å². The van der Waals surface area contributed by atoms with Crippen molar-refractivity contribution in [3.63, 3.8) is 0 Å². The Bertz CT molecular complexity index is 921. The molecule has 6 heteroatoms. The second-order valence-electron chi connectivity index (χ2n) is 7.77. The van der Waals surface area contributed by atoms with Crippen molar-refractivity contribution in [2.45, 2.75) is 32.7 Å². The number of rotatable bonds is 5. The number of carbonyl (C=O) groups is 3. The fourth-order valence-electron chi connectivity index (χ4n) is 3.91. The lowest BCUT2D eigenvalue weighted by Crippen LogP contribution is -2.32. The monoisotopic (exact) mass is 391 g/mol. The molecule has 3 amide bonds. The van der Waals surface area contributed by atoms with E-state index in [1.165, 1.54) is 0 Å². The summed E-state index contributed by atoms with van der Waals surface area (Å²) in [4.78, 5) is 40.2. The zero-order valence-electron chi connectivity index (χ0n) is 16.6. The summed E-state index contributed by atoms with van der Waals surface area (Å²) in [6.45, 7) is 3.58. The van der Waals surface area contributed by atoms with Gasteiger partial charge >= 0.3 is 0 Å². The first-order chi connectivity index (χ1) is 14.0. The normalized spacial score (nSPS) is 19.1. The number of nitrogens with one attached hydrogen (secondary N) is 1. The first-order valence-electron chi connectivity index (χ1n) is 10.1. The molecule has 6 nitrogen and oxygen atoms in total. The molecule has 29 heavy (non-hydrogen) atoms. The number of carbonyl (C=O) groups excluding carboxylic acids is 3. The van der Waals surface area contributed by atoms with Crippen LogP contribution in [-0.4, -0.2) is 30.8 Å². The second-order valence-corrected chi connectivity index (χ2v) is 7.77. The molecule has 2 aromatic rings. The van der Waals surface area contributed by atoms with E-state index in [1.807, 2.05) is 55.5 Å². The summed E-state index contributed by atoms with van der Waals surface area (Å²) in [5, 5.41) is 2.94. The van der Waals surface area contributed by atoms with E-state index in [1.54, 1.807) is 9.80 Å². The summed E-state index contributed by atoms with van der Waals surface area (Å²) in [7, 11) is 0. The van der Waals surface area contributed by atoms with Gasteiger partial charge in [-0.25, -0.2) is 0 Å². The summed E-state index contributed by atoms with van der Waals surface area (Å²) in [6.07, 6.45) is 1.74. The predicted molar refractivity (Wildman–Crippen MR) is 112 cm³/mol. The van der Waals surface area contributed by atoms with Crippen LogP contribution >= 0.6 is 0 Å². The molecule has 0 spiro atoms. The van der Waals surface area contributed by atoms with Crippen molar-refractivity contribution in [2.24, 2.45) is 5.92 Å². The highest BCUT2D eigenvalue weighted by Gasteiger charge is 2.35. The number of amides is 3. The highest BCUT2D eigenvalue weighted by atomic mass is 16.2. The van der Waals surface area contributed by atoms with E-state index < -0.39 is 0 Å². The van der Waals surface area contributed by atoms with Gasteiger partial charge in [-0.3, -0.25) is 14.4 Å². The van der Waals surface area contributed by atoms with Crippen LogP contribution in [0.5, 0.6) is 0 Å². The molecule has 0 radical (unpaired) electrons. The van der Waals surface area contributed by atoms with Crippen molar-refractivity contribution in [3.8, 4) is 0 Å². The summed E-state index contributed by atoms with van der Waals surface area (Å²) >= 11 is 0. The van der Waals surface area contributed by atoms with Crippen molar-refractivity contribution < 1.29 is 14.4 Å². The number of hydrogen-bond donors (Lipinski definition) is 1. The van der Waals surface area contributed by atoms with Gasteiger partial charge in [0.05, 0.1) is 5.92 Å². The summed E-state index contributed by atoms with van der Waals surface area (Å²) in [6, 6.07) is 15.5. The highest BCUT2D eigenvalue weighted by molar-refractivity contribution is 6.00. The molecule has 2 fully saturated rings. The van der Waals surface area contributed by atoms with E-state index in [-0.39, 0.29) is 30.1 Å². The van der Waals surface area contributed by atoms with Gasteiger partial charge < -0.3 is 15.1 Å². The van der Waals surface area contributed by atoms with Gasteiger partial charge in [0.2, 0.25) is 17.7 Å². The Labute approximate surface area is 170 Å². The van der Waals surface area contributed by atoms with E-state index in [4.69, 9.17) is 0 Å². The molecule has 150 valence electrons. The van der Waals surface area contributed by atoms with Crippen LogP contribution in [-0.2, 0) is 20.9 Å². The Hall–Kier alpha value is -3.15. The predicted octanol–water partition coefficient (Wildman–Crippen LogP) is 2.79. The number of aryl methyl sites for hydroxylation is 1. The fraction of sp³-hybridized carbons (Fsp3) is 0.348. The van der Waals surface area contributed by atoms with Gasteiger partial charge in [-0.05, 0) is 43.2 Å². The van der Waals surface area contributed by atoms with Crippen molar-refractivity contribution in [3.05, 3.63) is 59.7 Å². The Balaban J connectivity index is 1.32. The van der Waals surface area contributed by atoms with E-state index in [0.29, 0.717) is 19.5 Å². The van der Waals surface area contributed by atoms with Gasteiger partial charge in [-0.2, -0.15) is 0 Å². The van der Waals surface area contributed by atoms with Crippen molar-refractivity contribution in [2.75, 3.05) is 22.9 Å². The van der Waals surface area contributed by atoms with E-state index in [2.05, 4.69) is 5.32 Å². The minimum absolute atomic E-state index is 0.0198. The first kappa shape index (κ1) is 19.2. The van der Waals surface area contributed by atoms with Crippen LogP contribution in [0.3, 0.4) is 0 Å². The molecule has 0 bridgehead atoms.